The Morgan fingerprint density at radius 1 is 1.48 bits per heavy atom. The molecule has 3 rings (SSSR count). The summed E-state index contributed by atoms with van der Waals surface area (Å²) in [5, 5.41) is 10.6. The normalized spacial score (nSPS) is 21.9. The van der Waals surface area contributed by atoms with E-state index >= 15 is 0 Å². The highest BCUT2D eigenvalue weighted by Gasteiger charge is 2.30. The molecule has 0 amide bonds. The predicted molar refractivity (Wildman–Crippen MR) is 97.6 cm³/mol. The first-order valence-electron chi connectivity index (χ1n) is 9.01. The lowest BCUT2D eigenvalue weighted by Gasteiger charge is -2.32. The molecule has 1 aliphatic carbocycles. The molecule has 2 aromatic heterocycles. The highest BCUT2D eigenvalue weighted by atomic mass is 16.5. The van der Waals surface area contributed by atoms with Crippen molar-refractivity contribution in [1.82, 2.24) is 9.55 Å². The summed E-state index contributed by atoms with van der Waals surface area (Å²) in [4.78, 5) is 17.0. The Balaban J connectivity index is 2.10. The lowest BCUT2D eigenvalue weighted by Crippen LogP contribution is -2.26. The molecule has 2 heterocycles. The van der Waals surface area contributed by atoms with Crippen LogP contribution in [0.2, 0.25) is 0 Å². The van der Waals surface area contributed by atoms with E-state index in [0.29, 0.717) is 18.1 Å². The van der Waals surface area contributed by atoms with Crippen LogP contribution in [0.3, 0.4) is 0 Å². The van der Waals surface area contributed by atoms with Gasteiger partial charge in [0.2, 0.25) is 0 Å². The molecule has 1 aliphatic rings. The minimum Gasteiger partial charge on any atom is -0.462 e. The van der Waals surface area contributed by atoms with Crippen molar-refractivity contribution in [2.45, 2.75) is 51.7 Å². The molecular weight excluding hydrogens is 316 g/mol. The zero-order chi connectivity index (χ0) is 18.0. The van der Waals surface area contributed by atoms with Crippen molar-refractivity contribution in [3.63, 3.8) is 0 Å². The van der Waals surface area contributed by atoms with E-state index in [2.05, 4.69) is 16.1 Å². The van der Waals surface area contributed by atoms with Gasteiger partial charge in [-0.3, -0.25) is 0 Å². The largest absolute Gasteiger partial charge is 0.462 e. The molecule has 25 heavy (non-hydrogen) atoms. The summed E-state index contributed by atoms with van der Waals surface area (Å²) in [5.41, 5.74) is 2.25. The van der Waals surface area contributed by atoms with Gasteiger partial charge in [0.15, 0.2) is 0 Å². The maximum atomic E-state index is 12.5. The van der Waals surface area contributed by atoms with Gasteiger partial charge >= 0.3 is 5.97 Å². The summed E-state index contributed by atoms with van der Waals surface area (Å²) in [5.74, 6) is 0.0749. The van der Waals surface area contributed by atoms with Gasteiger partial charge in [0.1, 0.15) is 5.65 Å². The van der Waals surface area contributed by atoms with Gasteiger partial charge in [0.25, 0.3) is 0 Å². The number of nitrogens with zero attached hydrogens (tertiary/aromatic N) is 2. The molecule has 2 aromatic rings. The fourth-order valence-electron chi connectivity index (χ4n) is 4.04. The standard InChI is InChI=1S/C20H26N2O3/c1-4-17(14-8-10-15(23)11-9-14)22-13(3)18(20(24)25-5-2)16-7-6-12-21-19(16)22/h4,6-7,12,14-15,17,23H,1,5,8-11H2,2-3H3/t14?,15?,17-/m1/s1. The number of carbonyl (C=O) groups excluding carboxylic acids is 1. The Kier molecular flexibility index (Phi) is 5.23. The lowest BCUT2D eigenvalue weighted by atomic mass is 9.82. The van der Waals surface area contributed by atoms with E-state index in [1.165, 1.54) is 0 Å². The van der Waals surface area contributed by atoms with Crippen LogP contribution < -0.4 is 0 Å². The van der Waals surface area contributed by atoms with Gasteiger partial charge in [-0.05, 0) is 57.6 Å². The number of hydrogen-bond donors (Lipinski definition) is 1. The average Bonchev–Trinajstić information content (AvgIpc) is 2.90. The van der Waals surface area contributed by atoms with Gasteiger partial charge < -0.3 is 14.4 Å². The smallest absolute Gasteiger partial charge is 0.340 e. The topological polar surface area (TPSA) is 64.4 Å². The third-order valence-electron chi connectivity index (χ3n) is 5.25. The van der Waals surface area contributed by atoms with Crippen molar-refractivity contribution >= 4 is 17.0 Å². The van der Waals surface area contributed by atoms with Gasteiger partial charge in [-0.25, -0.2) is 9.78 Å². The first-order valence-corrected chi connectivity index (χ1v) is 9.01. The highest BCUT2D eigenvalue weighted by Crippen LogP contribution is 2.38. The lowest BCUT2D eigenvalue weighted by molar-refractivity contribution is 0.0527. The number of pyridine rings is 1. The van der Waals surface area contributed by atoms with E-state index in [1.807, 2.05) is 32.1 Å². The van der Waals surface area contributed by atoms with E-state index in [9.17, 15) is 9.90 Å². The van der Waals surface area contributed by atoms with Crippen molar-refractivity contribution in [2.24, 2.45) is 5.92 Å². The summed E-state index contributed by atoms with van der Waals surface area (Å²) in [6, 6.07) is 3.81. The molecule has 5 nitrogen and oxygen atoms in total. The summed E-state index contributed by atoms with van der Waals surface area (Å²) in [6.45, 7) is 8.14. The molecule has 0 saturated heterocycles. The van der Waals surface area contributed by atoms with Crippen molar-refractivity contribution in [2.75, 3.05) is 6.61 Å². The molecular formula is C20H26N2O3. The fourth-order valence-corrected chi connectivity index (χ4v) is 4.04. The third-order valence-corrected chi connectivity index (χ3v) is 5.25. The van der Waals surface area contributed by atoms with Gasteiger partial charge in [-0.1, -0.05) is 6.08 Å². The van der Waals surface area contributed by atoms with Gasteiger partial charge in [0.05, 0.1) is 24.3 Å². The van der Waals surface area contributed by atoms with E-state index in [4.69, 9.17) is 4.74 Å². The SMILES string of the molecule is C=C[C@H](C1CCC(O)CC1)n1c(C)c(C(=O)OCC)c2cccnc21. The molecule has 0 unspecified atom stereocenters. The molecule has 1 saturated carbocycles. The summed E-state index contributed by atoms with van der Waals surface area (Å²) >= 11 is 0. The summed E-state index contributed by atoms with van der Waals surface area (Å²) in [7, 11) is 0. The Bertz CT molecular complexity index is 773. The van der Waals surface area contributed by atoms with Crippen LogP contribution in [0.4, 0.5) is 0 Å². The van der Waals surface area contributed by atoms with Crippen LogP contribution in [-0.4, -0.2) is 33.3 Å². The zero-order valence-corrected chi connectivity index (χ0v) is 14.9. The third kappa shape index (κ3) is 3.21. The first-order chi connectivity index (χ1) is 12.1. The van der Waals surface area contributed by atoms with Crippen molar-refractivity contribution < 1.29 is 14.6 Å². The molecule has 0 bridgehead atoms. The molecule has 0 aromatic carbocycles. The van der Waals surface area contributed by atoms with Crippen LogP contribution in [0.5, 0.6) is 0 Å². The van der Waals surface area contributed by atoms with Gasteiger partial charge in [-0.15, -0.1) is 6.58 Å². The zero-order valence-electron chi connectivity index (χ0n) is 14.9. The number of aliphatic hydroxyl groups is 1. The number of aromatic nitrogens is 2. The Hall–Kier alpha value is -2.14. The van der Waals surface area contributed by atoms with Crippen LogP contribution in [-0.2, 0) is 4.74 Å². The number of carbonyl (C=O) groups is 1. The maximum Gasteiger partial charge on any atom is 0.340 e. The average molecular weight is 342 g/mol. The Morgan fingerprint density at radius 2 is 2.20 bits per heavy atom. The van der Waals surface area contributed by atoms with E-state index in [0.717, 1.165) is 42.4 Å². The maximum absolute atomic E-state index is 12.5. The summed E-state index contributed by atoms with van der Waals surface area (Å²) in [6.07, 6.45) is 7.00. The highest BCUT2D eigenvalue weighted by molar-refractivity contribution is 6.05. The molecule has 0 spiro atoms. The second kappa shape index (κ2) is 7.40. The van der Waals surface area contributed by atoms with Crippen LogP contribution in [0.1, 0.15) is 54.7 Å². The Morgan fingerprint density at radius 3 is 2.84 bits per heavy atom. The van der Waals surface area contributed by atoms with Gasteiger partial charge in [-0.2, -0.15) is 0 Å². The Labute approximate surface area is 148 Å². The fraction of sp³-hybridized carbons (Fsp3) is 0.500. The number of fused-ring (bicyclic) bond motifs is 1. The van der Waals surface area contributed by atoms with Crippen LogP contribution in [0, 0.1) is 12.8 Å². The van der Waals surface area contributed by atoms with Crippen LogP contribution >= 0.6 is 0 Å². The minimum atomic E-state index is -0.307. The van der Waals surface area contributed by atoms with Crippen LogP contribution in [0.15, 0.2) is 31.0 Å². The number of allylic oxidation sites excluding steroid dienone is 1. The van der Waals surface area contributed by atoms with Crippen molar-refractivity contribution in [3.05, 3.63) is 42.2 Å². The van der Waals surface area contributed by atoms with Gasteiger partial charge in [0, 0.05) is 17.3 Å². The molecule has 0 radical (unpaired) electrons. The molecule has 1 fully saturated rings. The van der Waals surface area contributed by atoms with E-state index < -0.39 is 0 Å². The molecule has 0 aliphatic heterocycles. The number of aliphatic hydroxyl groups excluding tert-OH is 1. The monoisotopic (exact) mass is 342 g/mol. The molecule has 5 heteroatoms. The quantitative estimate of drug-likeness (QED) is 0.663. The number of hydrogen-bond acceptors (Lipinski definition) is 4. The molecule has 134 valence electrons. The van der Waals surface area contributed by atoms with E-state index in [1.54, 1.807) is 6.20 Å². The van der Waals surface area contributed by atoms with Crippen LogP contribution in [0.25, 0.3) is 11.0 Å². The molecule has 1 N–H and O–H groups in total. The number of ether oxygens (including phenoxy) is 1. The minimum absolute atomic E-state index is 0.0491. The van der Waals surface area contributed by atoms with Crippen molar-refractivity contribution in [1.29, 1.82) is 0 Å². The predicted octanol–water partition coefficient (Wildman–Crippen LogP) is 3.80. The second-order valence-corrected chi connectivity index (χ2v) is 6.72. The summed E-state index contributed by atoms with van der Waals surface area (Å²) < 4.78 is 7.39. The van der Waals surface area contributed by atoms with E-state index in [-0.39, 0.29) is 18.1 Å². The number of rotatable bonds is 5. The number of esters is 1. The second-order valence-electron chi connectivity index (χ2n) is 6.72. The molecule has 1 atom stereocenters. The first kappa shape index (κ1) is 17.7. The van der Waals surface area contributed by atoms with Crippen molar-refractivity contribution in [3.8, 4) is 0 Å².